The molecule has 1 N–H and O–H groups in total. The van der Waals surface area contributed by atoms with Gasteiger partial charge in [0.05, 0.1) is 18.4 Å². The summed E-state index contributed by atoms with van der Waals surface area (Å²) in [4.78, 5) is 1.43. The van der Waals surface area contributed by atoms with E-state index in [4.69, 9.17) is 11.6 Å². The van der Waals surface area contributed by atoms with E-state index in [0.29, 0.717) is 19.6 Å². The summed E-state index contributed by atoms with van der Waals surface area (Å²) in [7, 11) is 0. The summed E-state index contributed by atoms with van der Waals surface area (Å²) in [5.74, 6) is 0.203. The molecule has 106 valence electrons. The van der Waals surface area contributed by atoms with Gasteiger partial charge < -0.3 is 5.32 Å². The highest BCUT2D eigenvalue weighted by Gasteiger charge is 2.34. The SMILES string of the molecule is FC(F)(F)CN1CCC(CNc2cnnc(Cl)c2)C1. The second-order valence-corrected chi connectivity index (χ2v) is 5.04. The Morgan fingerprint density at radius 1 is 1.47 bits per heavy atom. The van der Waals surface area contributed by atoms with Gasteiger partial charge in [-0.3, -0.25) is 4.90 Å². The first kappa shape index (κ1) is 14.3. The highest BCUT2D eigenvalue weighted by atomic mass is 35.5. The Morgan fingerprint density at radius 2 is 2.26 bits per heavy atom. The summed E-state index contributed by atoms with van der Waals surface area (Å²) in [6, 6.07) is 1.64. The molecule has 0 spiro atoms. The van der Waals surface area contributed by atoms with Gasteiger partial charge in [0, 0.05) is 19.2 Å². The van der Waals surface area contributed by atoms with Crippen molar-refractivity contribution in [3.63, 3.8) is 0 Å². The predicted molar refractivity (Wildman–Crippen MR) is 66.1 cm³/mol. The van der Waals surface area contributed by atoms with Crippen LogP contribution in [0.2, 0.25) is 5.15 Å². The normalized spacial score (nSPS) is 20.7. The van der Waals surface area contributed by atoms with Crippen LogP contribution in [-0.4, -0.2) is 47.5 Å². The number of hydrogen-bond acceptors (Lipinski definition) is 4. The lowest BCUT2D eigenvalue weighted by Gasteiger charge is -2.18. The van der Waals surface area contributed by atoms with Gasteiger partial charge in [-0.2, -0.15) is 18.3 Å². The lowest BCUT2D eigenvalue weighted by atomic mass is 10.1. The molecule has 1 saturated heterocycles. The van der Waals surface area contributed by atoms with Gasteiger partial charge in [0.1, 0.15) is 0 Å². The van der Waals surface area contributed by atoms with Crippen molar-refractivity contribution >= 4 is 17.3 Å². The van der Waals surface area contributed by atoms with Gasteiger partial charge >= 0.3 is 6.18 Å². The van der Waals surface area contributed by atoms with Crippen LogP contribution in [0.1, 0.15) is 6.42 Å². The molecule has 19 heavy (non-hydrogen) atoms. The minimum Gasteiger partial charge on any atom is -0.383 e. The topological polar surface area (TPSA) is 41.0 Å². The van der Waals surface area contributed by atoms with Crippen LogP contribution in [0.25, 0.3) is 0 Å². The van der Waals surface area contributed by atoms with Crippen LogP contribution in [0.3, 0.4) is 0 Å². The van der Waals surface area contributed by atoms with Crippen molar-refractivity contribution in [2.24, 2.45) is 5.92 Å². The smallest absolute Gasteiger partial charge is 0.383 e. The molecule has 0 aliphatic carbocycles. The van der Waals surface area contributed by atoms with E-state index in [-0.39, 0.29) is 11.1 Å². The standard InChI is InChI=1S/C11H14ClF3N4/c12-10-3-9(5-17-18-10)16-4-8-1-2-19(6-8)7-11(13,14)15/h3,5,8H,1-2,4,6-7H2,(H,16,18). The number of nitrogens with zero attached hydrogens (tertiary/aromatic N) is 3. The zero-order valence-electron chi connectivity index (χ0n) is 10.1. The second-order valence-electron chi connectivity index (χ2n) is 4.65. The number of alkyl halides is 3. The number of anilines is 1. The average molecular weight is 295 g/mol. The fraction of sp³-hybridized carbons (Fsp3) is 0.636. The summed E-state index contributed by atoms with van der Waals surface area (Å²) >= 11 is 5.69. The number of hydrogen-bond donors (Lipinski definition) is 1. The molecular weight excluding hydrogens is 281 g/mol. The van der Waals surface area contributed by atoms with Crippen LogP contribution in [0.15, 0.2) is 12.3 Å². The van der Waals surface area contributed by atoms with Crippen molar-refractivity contribution in [3.05, 3.63) is 17.4 Å². The van der Waals surface area contributed by atoms with Gasteiger partial charge in [0.15, 0.2) is 5.15 Å². The quantitative estimate of drug-likeness (QED) is 0.926. The third-order valence-corrected chi connectivity index (χ3v) is 3.18. The number of halogens is 4. The molecule has 1 aromatic heterocycles. The lowest BCUT2D eigenvalue weighted by molar-refractivity contribution is -0.143. The van der Waals surface area contributed by atoms with Gasteiger partial charge in [-0.05, 0) is 18.9 Å². The van der Waals surface area contributed by atoms with Crippen LogP contribution < -0.4 is 5.32 Å². The number of nitrogens with one attached hydrogen (secondary N) is 1. The molecule has 0 radical (unpaired) electrons. The van der Waals surface area contributed by atoms with Gasteiger partial charge in [-0.25, -0.2) is 0 Å². The largest absolute Gasteiger partial charge is 0.401 e. The van der Waals surface area contributed by atoms with E-state index in [2.05, 4.69) is 15.5 Å². The maximum atomic E-state index is 12.2. The first-order chi connectivity index (χ1) is 8.92. The monoisotopic (exact) mass is 294 g/mol. The Balaban J connectivity index is 1.76. The molecule has 0 aromatic carbocycles. The summed E-state index contributed by atoms with van der Waals surface area (Å²) in [5, 5.41) is 10.7. The van der Waals surface area contributed by atoms with Crippen LogP contribution in [0, 0.1) is 5.92 Å². The van der Waals surface area contributed by atoms with E-state index in [1.807, 2.05) is 0 Å². The van der Waals surface area contributed by atoms with Crippen molar-refractivity contribution < 1.29 is 13.2 Å². The zero-order valence-corrected chi connectivity index (χ0v) is 10.9. The Morgan fingerprint density at radius 3 is 2.95 bits per heavy atom. The Labute approximate surface area is 113 Å². The molecule has 1 aromatic rings. The van der Waals surface area contributed by atoms with Gasteiger partial charge in [0.2, 0.25) is 0 Å². The van der Waals surface area contributed by atoms with E-state index in [1.54, 1.807) is 6.07 Å². The van der Waals surface area contributed by atoms with Crippen LogP contribution in [0.5, 0.6) is 0 Å². The third-order valence-electron chi connectivity index (χ3n) is 2.99. The number of likely N-dealkylation sites (tertiary alicyclic amines) is 1. The molecule has 1 fully saturated rings. The second kappa shape index (κ2) is 5.92. The Bertz CT molecular complexity index is 427. The van der Waals surface area contributed by atoms with Crippen LogP contribution >= 0.6 is 11.6 Å². The van der Waals surface area contributed by atoms with E-state index >= 15 is 0 Å². The summed E-state index contributed by atoms with van der Waals surface area (Å²) in [6.45, 7) is 0.725. The molecule has 0 saturated carbocycles. The summed E-state index contributed by atoms with van der Waals surface area (Å²) in [6.07, 6.45) is -1.82. The molecular formula is C11H14ClF3N4. The Kier molecular flexibility index (Phi) is 4.46. The van der Waals surface area contributed by atoms with Crippen molar-refractivity contribution in [1.82, 2.24) is 15.1 Å². The van der Waals surface area contributed by atoms with Crippen LogP contribution in [0.4, 0.5) is 18.9 Å². The molecule has 2 heterocycles. The average Bonchev–Trinajstić information content (AvgIpc) is 2.72. The van der Waals surface area contributed by atoms with E-state index in [1.165, 1.54) is 11.1 Å². The minimum atomic E-state index is -4.12. The molecule has 0 amide bonds. The molecule has 1 atom stereocenters. The molecule has 4 nitrogen and oxygen atoms in total. The van der Waals surface area contributed by atoms with Crippen molar-refractivity contribution in [3.8, 4) is 0 Å². The Hall–Kier alpha value is -1.08. The minimum absolute atomic E-state index is 0.203. The molecule has 1 unspecified atom stereocenters. The molecule has 1 aliphatic rings. The van der Waals surface area contributed by atoms with E-state index < -0.39 is 12.7 Å². The number of aromatic nitrogens is 2. The predicted octanol–water partition coefficient (Wildman–Crippen LogP) is 2.43. The van der Waals surface area contributed by atoms with Gasteiger partial charge in [-0.15, -0.1) is 5.10 Å². The van der Waals surface area contributed by atoms with Crippen molar-refractivity contribution in [2.75, 3.05) is 31.5 Å². The lowest BCUT2D eigenvalue weighted by Crippen LogP contribution is -2.33. The van der Waals surface area contributed by atoms with Crippen molar-refractivity contribution in [2.45, 2.75) is 12.6 Å². The molecule has 2 rings (SSSR count). The highest BCUT2D eigenvalue weighted by Crippen LogP contribution is 2.23. The van der Waals surface area contributed by atoms with Gasteiger partial charge in [-0.1, -0.05) is 11.6 Å². The summed E-state index contributed by atoms with van der Waals surface area (Å²) in [5.41, 5.74) is 0.731. The molecule has 0 bridgehead atoms. The van der Waals surface area contributed by atoms with Gasteiger partial charge in [0.25, 0.3) is 0 Å². The molecule has 8 heteroatoms. The third kappa shape index (κ3) is 4.83. The first-order valence-electron chi connectivity index (χ1n) is 5.93. The summed E-state index contributed by atoms with van der Waals surface area (Å²) < 4.78 is 36.7. The van der Waals surface area contributed by atoms with E-state index in [0.717, 1.165) is 12.1 Å². The zero-order chi connectivity index (χ0) is 13.9. The fourth-order valence-corrected chi connectivity index (χ4v) is 2.34. The van der Waals surface area contributed by atoms with E-state index in [9.17, 15) is 13.2 Å². The number of rotatable bonds is 4. The maximum Gasteiger partial charge on any atom is 0.401 e. The van der Waals surface area contributed by atoms with Crippen molar-refractivity contribution in [1.29, 1.82) is 0 Å². The van der Waals surface area contributed by atoms with Crippen LogP contribution in [-0.2, 0) is 0 Å². The maximum absolute atomic E-state index is 12.2. The first-order valence-corrected chi connectivity index (χ1v) is 6.31. The highest BCUT2D eigenvalue weighted by molar-refractivity contribution is 6.29. The molecule has 1 aliphatic heterocycles. The fourth-order valence-electron chi connectivity index (χ4n) is 2.18.